The molecule has 0 aliphatic heterocycles. The summed E-state index contributed by atoms with van der Waals surface area (Å²) in [5, 5.41) is 22.4. The van der Waals surface area contributed by atoms with Crippen LogP contribution >= 0.6 is 12.2 Å². The molecular formula is C19H18FN5O3S. The first kappa shape index (κ1) is 20.3. The van der Waals surface area contributed by atoms with E-state index in [1.807, 2.05) is 6.92 Å². The highest BCUT2D eigenvalue weighted by Gasteiger charge is 2.15. The lowest BCUT2D eigenvalue weighted by atomic mass is 10.1. The van der Waals surface area contributed by atoms with Crippen LogP contribution in [-0.4, -0.2) is 32.6 Å². The van der Waals surface area contributed by atoms with Gasteiger partial charge in [0.1, 0.15) is 5.82 Å². The van der Waals surface area contributed by atoms with Crippen LogP contribution in [0.15, 0.2) is 47.6 Å². The number of hydrogen-bond acceptors (Lipinski definition) is 6. The molecule has 0 amide bonds. The molecule has 10 heteroatoms. The number of nitrogens with one attached hydrogen (secondary N) is 1. The topological polar surface area (TPSA) is 98.3 Å². The molecule has 0 bridgehead atoms. The normalized spacial score (nSPS) is 11.1. The van der Waals surface area contributed by atoms with Crippen LogP contribution in [0.25, 0.3) is 0 Å². The molecular weight excluding hydrogens is 397 g/mol. The van der Waals surface area contributed by atoms with Gasteiger partial charge in [-0.1, -0.05) is 19.1 Å². The van der Waals surface area contributed by atoms with Crippen molar-refractivity contribution in [2.45, 2.75) is 19.8 Å². The van der Waals surface area contributed by atoms with Gasteiger partial charge in [0.2, 0.25) is 4.77 Å². The summed E-state index contributed by atoms with van der Waals surface area (Å²) in [4.78, 5) is 10.8. The van der Waals surface area contributed by atoms with Crippen LogP contribution in [-0.2, 0) is 6.42 Å². The molecule has 0 saturated heterocycles. The second-order valence-corrected chi connectivity index (χ2v) is 6.52. The number of nitrogens with zero attached hydrogens (tertiary/aromatic N) is 4. The number of nitro groups is 1. The SMILES string of the molecule is CCCOc1ccc(/C=N\n2c(Cc3ccc(F)cc3)n[nH]c2=S)cc1[N+](=O)[O-]. The largest absolute Gasteiger partial charge is 0.487 e. The molecule has 29 heavy (non-hydrogen) atoms. The number of ether oxygens (including phenoxy) is 1. The zero-order chi connectivity index (χ0) is 20.8. The second kappa shape index (κ2) is 9.20. The van der Waals surface area contributed by atoms with Crippen molar-refractivity contribution in [2.24, 2.45) is 5.10 Å². The van der Waals surface area contributed by atoms with Gasteiger partial charge in [-0.25, -0.2) is 4.39 Å². The van der Waals surface area contributed by atoms with Gasteiger partial charge >= 0.3 is 5.69 Å². The maximum atomic E-state index is 13.1. The number of nitro benzene ring substituents is 1. The Morgan fingerprint density at radius 1 is 1.34 bits per heavy atom. The highest BCUT2D eigenvalue weighted by Crippen LogP contribution is 2.27. The molecule has 0 atom stereocenters. The fourth-order valence-corrected chi connectivity index (χ4v) is 2.76. The first-order valence-corrected chi connectivity index (χ1v) is 9.25. The maximum absolute atomic E-state index is 13.1. The number of halogens is 1. The summed E-state index contributed by atoms with van der Waals surface area (Å²) in [6.45, 7) is 2.32. The van der Waals surface area contributed by atoms with E-state index in [1.54, 1.807) is 24.3 Å². The summed E-state index contributed by atoms with van der Waals surface area (Å²) >= 11 is 5.20. The molecule has 3 rings (SSSR count). The zero-order valence-corrected chi connectivity index (χ0v) is 16.4. The van der Waals surface area contributed by atoms with Crippen molar-refractivity contribution in [1.82, 2.24) is 14.9 Å². The van der Waals surface area contributed by atoms with Crippen molar-refractivity contribution in [1.29, 1.82) is 0 Å². The predicted molar refractivity (Wildman–Crippen MR) is 108 cm³/mol. The first-order chi connectivity index (χ1) is 14.0. The van der Waals surface area contributed by atoms with Gasteiger partial charge in [0.15, 0.2) is 11.6 Å². The van der Waals surface area contributed by atoms with Crippen molar-refractivity contribution >= 4 is 24.1 Å². The Labute approximate surface area is 170 Å². The van der Waals surface area contributed by atoms with Crippen molar-refractivity contribution in [2.75, 3.05) is 6.61 Å². The van der Waals surface area contributed by atoms with E-state index in [1.165, 1.54) is 29.1 Å². The molecule has 1 N–H and O–H groups in total. The highest BCUT2D eigenvalue weighted by molar-refractivity contribution is 7.71. The molecule has 3 aromatic rings. The molecule has 150 valence electrons. The molecule has 0 aliphatic rings. The number of aromatic amines is 1. The molecule has 0 saturated carbocycles. The zero-order valence-electron chi connectivity index (χ0n) is 15.5. The van der Waals surface area contributed by atoms with Crippen LogP contribution in [0, 0.1) is 20.7 Å². The van der Waals surface area contributed by atoms with Crippen molar-refractivity contribution < 1.29 is 14.1 Å². The van der Waals surface area contributed by atoms with E-state index in [-0.39, 0.29) is 22.0 Å². The molecule has 0 fully saturated rings. The van der Waals surface area contributed by atoms with Crippen LogP contribution in [0.5, 0.6) is 5.75 Å². The average molecular weight is 415 g/mol. The Morgan fingerprint density at radius 3 is 2.79 bits per heavy atom. The van der Waals surface area contributed by atoms with Gasteiger partial charge in [-0.05, 0) is 48.5 Å². The maximum Gasteiger partial charge on any atom is 0.311 e. The fraction of sp³-hybridized carbons (Fsp3) is 0.211. The molecule has 2 aromatic carbocycles. The van der Waals surface area contributed by atoms with Gasteiger partial charge in [-0.3, -0.25) is 15.2 Å². The van der Waals surface area contributed by atoms with E-state index >= 15 is 0 Å². The standard InChI is InChI=1S/C19H18FN5O3S/c1-2-9-28-17-8-5-14(10-16(17)25(26)27)12-21-24-18(22-23-19(24)29)11-13-3-6-15(20)7-4-13/h3-8,10,12H,2,9,11H2,1H3,(H,23,29)/b21-12-. The van der Waals surface area contributed by atoms with Crippen LogP contribution in [0.3, 0.4) is 0 Å². The van der Waals surface area contributed by atoms with E-state index in [0.29, 0.717) is 24.4 Å². The van der Waals surface area contributed by atoms with Gasteiger partial charge in [-0.2, -0.15) is 14.9 Å². The smallest absolute Gasteiger partial charge is 0.311 e. The van der Waals surface area contributed by atoms with Crippen LogP contribution in [0.1, 0.15) is 30.3 Å². The third-order valence-electron chi connectivity index (χ3n) is 3.96. The van der Waals surface area contributed by atoms with Crippen LogP contribution in [0.4, 0.5) is 10.1 Å². The minimum atomic E-state index is -0.494. The van der Waals surface area contributed by atoms with Crippen molar-refractivity contribution in [3.05, 3.63) is 80.1 Å². The fourth-order valence-electron chi connectivity index (χ4n) is 2.56. The van der Waals surface area contributed by atoms with E-state index in [0.717, 1.165) is 12.0 Å². The van der Waals surface area contributed by atoms with Gasteiger partial charge < -0.3 is 4.74 Å². The quantitative estimate of drug-likeness (QED) is 0.257. The Balaban J connectivity index is 1.85. The number of rotatable bonds is 8. The van der Waals surface area contributed by atoms with Gasteiger partial charge in [0, 0.05) is 18.1 Å². The van der Waals surface area contributed by atoms with E-state index in [9.17, 15) is 14.5 Å². The summed E-state index contributed by atoms with van der Waals surface area (Å²) in [6, 6.07) is 10.6. The molecule has 0 unspecified atom stereocenters. The number of benzene rings is 2. The molecule has 0 radical (unpaired) electrons. The molecule has 1 heterocycles. The summed E-state index contributed by atoms with van der Waals surface area (Å²) in [6.07, 6.45) is 2.58. The first-order valence-electron chi connectivity index (χ1n) is 8.84. The van der Waals surface area contributed by atoms with Crippen LogP contribution in [0.2, 0.25) is 0 Å². The number of hydrogen-bond donors (Lipinski definition) is 1. The van der Waals surface area contributed by atoms with Gasteiger partial charge in [0.25, 0.3) is 0 Å². The van der Waals surface area contributed by atoms with E-state index in [2.05, 4.69) is 15.3 Å². The predicted octanol–water partition coefficient (Wildman–Crippen LogP) is 4.25. The minimum Gasteiger partial charge on any atom is -0.487 e. The van der Waals surface area contributed by atoms with Crippen LogP contribution < -0.4 is 4.74 Å². The average Bonchev–Trinajstić information content (AvgIpc) is 3.06. The van der Waals surface area contributed by atoms with Crippen molar-refractivity contribution in [3.63, 3.8) is 0 Å². The lowest BCUT2D eigenvalue weighted by Gasteiger charge is -2.06. The van der Waals surface area contributed by atoms with Crippen molar-refractivity contribution in [3.8, 4) is 5.75 Å². The molecule has 0 spiro atoms. The molecule has 1 aromatic heterocycles. The summed E-state index contributed by atoms with van der Waals surface area (Å²) in [5.74, 6) is 0.416. The third-order valence-corrected chi connectivity index (χ3v) is 4.22. The Bertz CT molecular complexity index is 1090. The summed E-state index contributed by atoms with van der Waals surface area (Å²) in [7, 11) is 0. The van der Waals surface area contributed by atoms with Gasteiger partial charge in [-0.15, -0.1) is 0 Å². The Kier molecular flexibility index (Phi) is 6.45. The van der Waals surface area contributed by atoms with E-state index in [4.69, 9.17) is 17.0 Å². The van der Waals surface area contributed by atoms with Gasteiger partial charge in [0.05, 0.1) is 17.7 Å². The highest BCUT2D eigenvalue weighted by atomic mass is 32.1. The van der Waals surface area contributed by atoms with E-state index < -0.39 is 4.92 Å². The summed E-state index contributed by atoms with van der Waals surface area (Å²) < 4.78 is 20.2. The Hall–Kier alpha value is -3.40. The minimum absolute atomic E-state index is 0.135. The second-order valence-electron chi connectivity index (χ2n) is 6.14. The lowest BCUT2D eigenvalue weighted by molar-refractivity contribution is -0.385. The monoisotopic (exact) mass is 415 g/mol. The number of H-pyrrole nitrogens is 1. The number of aromatic nitrogens is 3. The molecule has 8 nitrogen and oxygen atoms in total. The summed E-state index contributed by atoms with van der Waals surface area (Å²) in [5.41, 5.74) is 1.21. The Morgan fingerprint density at radius 2 is 2.10 bits per heavy atom. The lowest BCUT2D eigenvalue weighted by Crippen LogP contribution is -2.02. The third kappa shape index (κ3) is 5.11. The molecule has 0 aliphatic carbocycles.